The Bertz CT molecular complexity index is 887. The number of carbonyl (C=O) groups is 1. The third-order valence-corrected chi connectivity index (χ3v) is 7.78. The number of likely N-dealkylation sites (N-methyl/N-ethyl adjacent to an activating group) is 1. The van der Waals surface area contributed by atoms with Gasteiger partial charge in [-0.1, -0.05) is 6.07 Å². The number of ketones is 1. The number of hydrogen-bond acceptors (Lipinski definition) is 6. The van der Waals surface area contributed by atoms with Crippen molar-refractivity contribution in [2.24, 2.45) is 11.8 Å². The summed E-state index contributed by atoms with van der Waals surface area (Å²) >= 11 is 0. The first kappa shape index (κ1) is 20.9. The number of halogens is 1. The van der Waals surface area contributed by atoms with Crippen molar-refractivity contribution >= 4 is 11.5 Å². The van der Waals surface area contributed by atoms with Crippen molar-refractivity contribution in [1.29, 1.82) is 5.26 Å². The van der Waals surface area contributed by atoms with Crippen molar-refractivity contribution in [3.63, 3.8) is 0 Å². The average molecular weight is 427 g/mol. The number of nitriles is 1. The van der Waals surface area contributed by atoms with E-state index in [-0.39, 0.29) is 36.6 Å². The zero-order valence-electron chi connectivity index (χ0n) is 18.1. The number of hydrogen-bond donors (Lipinski definition) is 1. The van der Waals surface area contributed by atoms with Gasteiger partial charge in [0.2, 0.25) is 0 Å². The minimum Gasteiger partial charge on any atom is -0.373 e. The van der Waals surface area contributed by atoms with E-state index in [9.17, 15) is 14.4 Å². The number of fused-ring (bicyclic) bond motifs is 3. The van der Waals surface area contributed by atoms with Crippen LogP contribution in [0.5, 0.6) is 0 Å². The maximum absolute atomic E-state index is 14.9. The van der Waals surface area contributed by atoms with Gasteiger partial charge >= 0.3 is 0 Å². The maximum Gasteiger partial charge on any atom is 0.151 e. The number of Topliss-reactive ketones (excluding diaryl/α,β-unsaturated/α-hetero) is 1. The number of rotatable bonds is 6. The molecule has 2 bridgehead atoms. The minimum atomic E-state index is -0.495. The molecule has 1 N–H and O–H groups in total. The number of piperidine rings is 1. The van der Waals surface area contributed by atoms with Gasteiger partial charge in [0, 0.05) is 37.8 Å². The number of nitrogens with one attached hydrogen (secondary N) is 1. The van der Waals surface area contributed by atoms with Crippen LogP contribution in [0.2, 0.25) is 0 Å². The summed E-state index contributed by atoms with van der Waals surface area (Å²) in [5.41, 5.74) is 1.36. The van der Waals surface area contributed by atoms with Gasteiger partial charge in [0.15, 0.2) is 5.78 Å². The van der Waals surface area contributed by atoms with E-state index in [1.807, 2.05) is 6.07 Å². The van der Waals surface area contributed by atoms with Gasteiger partial charge in [-0.3, -0.25) is 9.69 Å². The van der Waals surface area contributed by atoms with E-state index in [0.29, 0.717) is 23.6 Å². The molecule has 6 atom stereocenters. The Morgan fingerprint density at radius 1 is 1.39 bits per heavy atom. The van der Waals surface area contributed by atoms with Crippen LogP contribution < -0.4 is 10.2 Å². The molecule has 3 heterocycles. The molecular weight excluding hydrogens is 395 g/mol. The molecule has 0 spiro atoms. The van der Waals surface area contributed by atoms with Crippen LogP contribution in [-0.4, -0.2) is 68.2 Å². The summed E-state index contributed by atoms with van der Waals surface area (Å²) in [4.78, 5) is 17.2. The first-order valence-corrected chi connectivity index (χ1v) is 11.6. The highest BCUT2D eigenvalue weighted by molar-refractivity contribution is 5.85. The molecule has 4 fully saturated rings. The van der Waals surface area contributed by atoms with Gasteiger partial charge in [0.05, 0.1) is 36.8 Å². The first-order valence-electron chi connectivity index (χ1n) is 11.6. The molecule has 4 aliphatic rings. The van der Waals surface area contributed by atoms with Crippen LogP contribution in [0.3, 0.4) is 0 Å². The molecule has 166 valence electrons. The zero-order valence-corrected chi connectivity index (χ0v) is 18.1. The lowest BCUT2D eigenvalue weighted by Crippen LogP contribution is -2.48. The third-order valence-electron chi connectivity index (χ3n) is 7.78. The van der Waals surface area contributed by atoms with Crippen LogP contribution in [0.1, 0.15) is 31.2 Å². The predicted molar refractivity (Wildman–Crippen MR) is 115 cm³/mol. The molecule has 6 nitrogen and oxygen atoms in total. The van der Waals surface area contributed by atoms with Gasteiger partial charge < -0.3 is 15.0 Å². The second-order valence-corrected chi connectivity index (χ2v) is 9.75. The van der Waals surface area contributed by atoms with Crippen molar-refractivity contribution in [2.75, 3.05) is 38.2 Å². The Morgan fingerprint density at radius 3 is 2.94 bits per heavy atom. The largest absolute Gasteiger partial charge is 0.373 e. The summed E-state index contributed by atoms with van der Waals surface area (Å²) in [5, 5.41) is 13.0. The summed E-state index contributed by atoms with van der Waals surface area (Å²) in [6.45, 7) is 3.25. The highest BCUT2D eigenvalue weighted by Crippen LogP contribution is 2.36. The second-order valence-electron chi connectivity index (χ2n) is 9.75. The molecule has 1 aliphatic carbocycles. The number of anilines is 1. The molecular formula is C24H31FN4O2. The summed E-state index contributed by atoms with van der Waals surface area (Å²) in [5.74, 6) is -0.266. The molecule has 5 rings (SSSR count). The topological polar surface area (TPSA) is 68.6 Å². The smallest absolute Gasteiger partial charge is 0.151 e. The Kier molecular flexibility index (Phi) is 5.72. The number of benzene rings is 1. The molecule has 0 radical (unpaired) electrons. The number of morpholine rings is 1. The Morgan fingerprint density at radius 2 is 2.26 bits per heavy atom. The van der Waals surface area contributed by atoms with Crippen LogP contribution in [0.15, 0.2) is 18.2 Å². The van der Waals surface area contributed by atoms with E-state index in [2.05, 4.69) is 28.2 Å². The maximum atomic E-state index is 14.9. The average Bonchev–Trinajstić information content (AvgIpc) is 3.50. The fraction of sp³-hybridized carbons (Fsp3) is 0.667. The highest BCUT2D eigenvalue weighted by atomic mass is 19.1. The Labute approximate surface area is 183 Å². The number of nitrogens with zero attached hydrogens (tertiary/aromatic N) is 3. The van der Waals surface area contributed by atoms with Crippen LogP contribution in [-0.2, 0) is 16.0 Å². The molecule has 31 heavy (non-hydrogen) atoms. The fourth-order valence-electron chi connectivity index (χ4n) is 5.98. The first-order chi connectivity index (χ1) is 15.0. The summed E-state index contributed by atoms with van der Waals surface area (Å²) in [6, 6.07) is 8.21. The van der Waals surface area contributed by atoms with Gasteiger partial charge in [-0.15, -0.1) is 0 Å². The standard InChI is InChI=1S/C24H31FN4O2/c1-28-6-7-31-23-14-29(13-21(23)28)19-5-3-16(20(25)11-19)8-15(12-26)9-22(30)24-17-2-4-18(10-17)27-24/h3,5,11,15,17-18,21,23-24,27H,2,4,6-10,13-14H2,1H3/t15-,17+,18-,21+,23-,24+/m1/s1. The fourth-order valence-corrected chi connectivity index (χ4v) is 5.98. The van der Waals surface area contributed by atoms with E-state index >= 15 is 0 Å². The summed E-state index contributed by atoms with van der Waals surface area (Å²) in [7, 11) is 2.11. The van der Waals surface area contributed by atoms with E-state index in [4.69, 9.17) is 4.74 Å². The third kappa shape index (κ3) is 4.09. The Balaban J connectivity index is 1.21. The lowest BCUT2D eigenvalue weighted by molar-refractivity contribution is -0.122. The SMILES string of the molecule is CN1CCO[C@@H]2CN(c3ccc(C[C@@H](C#N)CC(=O)[C@H]4N[C@@H]5CC[C@H]4C5)c(F)c3)C[C@@H]21. The zero-order chi connectivity index (χ0) is 21.5. The van der Waals surface area contributed by atoms with Gasteiger partial charge in [0.1, 0.15) is 5.82 Å². The van der Waals surface area contributed by atoms with Crippen LogP contribution in [0.25, 0.3) is 0 Å². The van der Waals surface area contributed by atoms with Crippen molar-refractivity contribution in [3.05, 3.63) is 29.6 Å². The number of carbonyl (C=O) groups excluding carboxylic acids is 1. The van der Waals surface area contributed by atoms with Crippen LogP contribution in [0, 0.1) is 29.0 Å². The van der Waals surface area contributed by atoms with E-state index in [1.165, 1.54) is 0 Å². The summed E-state index contributed by atoms with van der Waals surface area (Å²) in [6.07, 6.45) is 3.94. The van der Waals surface area contributed by atoms with E-state index in [0.717, 1.165) is 51.2 Å². The lowest BCUT2D eigenvalue weighted by Gasteiger charge is -2.33. The summed E-state index contributed by atoms with van der Waals surface area (Å²) < 4.78 is 20.8. The molecule has 0 aromatic heterocycles. The van der Waals surface area contributed by atoms with Gasteiger partial charge in [-0.25, -0.2) is 4.39 Å². The second kappa shape index (κ2) is 8.50. The monoisotopic (exact) mass is 426 g/mol. The molecule has 7 heteroatoms. The highest BCUT2D eigenvalue weighted by Gasteiger charge is 2.43. The van der Waals surface area contributed by atoms with E-state index < -0.39 is 5.92 Å². The molecule has 1 aromatic rings. The van der Waals surface area contributed by atoms with Gasteiger partial charge in [-0.05, 0) is 56.3 Å². The predicted octanol–water partition coefficient (Wildman–Crippen LogP) is 2.13. The molecule has 1 aromatic carbocycles. The number of ether oxygens (including phenoxy) is 1. The molecule has 3 aliphatic heterocycles. The minimum absolute atomic E-state index is 0.110. The molecule has 3 saturated heterocycles. The Hall–Kier alpha value is -2.01. The van der Waals surface area contributed by atoms with E-state index in [1.54, 1.807) is 12.1 Å². The van der Waals surface area contributed by atoms with Crippen molar-refractivity contribution in [2.45, 2.75) is 56.3 Å². The van der Waals surface area contributed by atoms with Crippen LogP contribution in [0.4, 0.5) is 10.1 Å². The quantitative estimate of drug-likeness (QED) is 0.752. The van der Waals surface area contributed by atoms with Crippen molar-refractivity contribution < 1.29 is 13.9 Å². The molecule has 1 saturated carbocycles. The van der Waals surface area contributed by atoms with Crippen LogP contribution >= 0.6 is 0 Å². The lowest BCUT2D eigenvalue weighted by atomic mass is 9.88. The normalized spacial score (nSPS) is 33.3. The van der Waals surface area contributed by atoms with Crippen molar-refractivity contribution in [1.82, 2.24) is 10.2 Å². The molecule has 0 unspecified atom stereocenters. The van der Waals surface area contributed by atoms with Crippen molar-refractivity contribution in [3.8, 4) is 6.07 Å². The van der Waals surface area contributed by atoms with Gasteiger partial charge in [-0.2, -0.15) is 5.26 Å². The van der Waals surface area contributed by atoms with Gasteiger partial charge in [0.25, 0.3) is 0 Å². The molecule has 0 amide bonds.